The summed E-state index contributed by atoms with van der Waals surface area (Å²) in [7, 11) is 1.91. The molecule has 3 rings (SSSR count). The molecule has 1 heterocycles. The number of rotatable bonds is 3. The van der Waals surface area contributed by atoms with E-state index in [-0.39, 0.29) is 18.0 Å². The molecule has 110 valence electrons. The highest BCUT2D eigenvalue weighted by Gasteiger charge is 2.20. The van der Waals surface area contributed by atoms with E-state index in [2.05, 4.69) is 25.2 Å². The summed E-state index contributed by atoms with van der Waals surface area (Å²) in [5, 5.41) is 3.22. The Hall–Kier alpha value is -1.87. The Balaban J connectivity index is 2.08. The van der Waals surface area contributed by atoms with Gasteiger partial charge in [-0.1, -0.05) is 12.1 Å². The van der Waals surface area contributed by atoms with Gasteiger partial charge in [-0.2, -0.15) is 0 Å². The Morgan fingerprint density at radius 3 is 2.81 bits per heavy atom. The van der Waals surface area contributed by atoms with Crippen molar-refractivity contribution < 1.29 is 9.13 Å². The molecule has 2 atom stereocenters. The van der Waals surface area contributed by atoms with Crippen LogP contribution in [0.2, 0.25) is 0 Å². The van der Waals surface area contributed by atoms with Gasteiger partial charge in [-0.15, -0.1) is 0 Å². The van der Waals surface area contributed by atoms with Crippen LogP contribution in [0.1, 0.15) is 31.0 Å². The lowest BCUT2D eigenvalue weighted by Gasteiger charge is -2.16. The maximum Gasteiger partial charge on any atom is 0.123 e. The minimum absolute atomic E-state index is 0.170. The van der Waals surface area contributed by atoms with Crippen LogP contribution in [0.5, 0.6) is 5.75 Å². The molecule has 0 aromatic heterocycles. The fourth-order valence-electron chi connectivity index (χ4n) is 2.90. The molecule has 2 nitrogen and oxygen atoms in total. The molecule has 2 aromatic rings. The lowest BCUT2D eigenvalue weighted by atomic mass is 9.93. The number of hydrogen-bond donors (Lipinski definition) is 1. The van der Waals surface area contributed by atoms with Crippen molar-refractivity contribution in [1.82, 2.24) is 5.32 Å². The van der Waals surface area contributed by atoms with Crippen LogP contribution in [0.3, 0.4) is 0 Å². The smallest absolute Gasteiger partial charge is 0.123 e. The first kappa shape index (κ1) is 14.1. The predicted octanol–water partition coefficient (Wildman–Crippen LogP) is 4.10. The fourth-order valence-corrected chi connectivity index (χ4v) is 2.90. The van der Waals surface area contributed by atoms with Crippen molar-refractivity contribution in [3.63, 3.8) is 0 Å². The number of benzene rings is 2. The average molecular weight is 285 g/mol. The third-order valence-corrected chi connectivity index (χ3v) is 4.12. The Bertz CT molecular complexity index is 668. The molecule has 3 heteroatoms. The van der Waals surface area contributed by atoms with E-state index in [9.17, 15) is 4.39 Å². The highest BCUT2D eigenvalue weighted by molar-refractivity contribution is 5.70. The molecule has 0 saturated heterocycles. The van der Waals surface area contributed by atoms with Gasteiger partial charge in [-0.3, -0.25) is 0 Å². The lowest BCUT2D eigenvalue weighted by molar-refractivity contribution is 0.254. The summed E-state index contributed by atoms with van der Waals surface area (Å²) in [5.41, 5.74) is 4.29. The zero-order chi connectivity index (χ0) is 15.0. The molecule has 0 bridgehead atoms. The third-order valence-electron chi connectivity index (χ3n) is 4.12. The van der Waals surface area contributed by atoms with Gasteiger partial charge in [0.25, 0.3) is 0 Å². The Morgan fingerprint density at radius 2 is 2.05 bits per heavy atom. The van der Waals surface area contributed by atoms with Crippen molar-refractivity contribution in [3.05, 3.63) is 53.3 Å². The van der Waals surface area contributed by atoms with Gasteiger partial charge in [-0.05, 0) is 67.4 Å². The second-order valence-corrected chi connectivity index (χ2v) is 5.70. The summed E-state index contributed by atoms with van der Waals surface area (Å²) in [6.45, 7) is 4.14. The molecular formula is C18H20FNO. The van der Waals surface area contributed by atoms with E-state index < -0.39 is 0 Å². The standard InChI is InChI=1S/C18H20FNO/c1-11-8-14-9-13(4-7-18(14)21-11)17-10-15(19)5-6-16(17)12(2)20-3/h4-7,9-12,20H,8H2,1-3H3. The molecule has 0 spiro atoms. The Labute approximate surface area is 125 Å². The van der Waals surface area contributed by atoms with Gasteiger partial charge >= 0.3 is 0 Å². The molecule has 2 aromatic carbocycles. The summed E-state index contributed by atoms with van der Waals surface area (Å²) in [6.07, 6.45) is 1.13. The third kappa shape index (κ3) is 2.66. The maximum absolute atomic E-state index is 13.7. The Morgan fingerprint density at radius 1 is 1.24 bits per heavy atom. The van der Waals surface area contributed by atoms with Gasteiger partial charge in [0.2, 0.25) is 0 Å². The van der Waals surface area contributed by atoms with Gasteiger partial charge in [-0.25, -0.2) is 4.39 Å². The summed E-state index contributed by atoms with van der Waals surface area (Å²) in [6, 6.07) is 11.3. The monoisotopic (exact) mass is 285 g/mol. The van der Waals surface area contributed by atoms with Crippen LogP contribution in [0, 0.1) is 5.82 Å². The summed E-state index contributed by atoms with van der Waals surface area (Å²) >= 11 is 0. The largest absolute Gasteiger partial charge is 0.490 e. The van der Waals surface area contributed by atoms with Crippen LogP contribution in [-0.4, -0.2) is 13.2 Å². The Kier molecular flexibility index (Phi) is 3.68. The van der Waals surface area contributed by atoms with Crippen molar-refractivity contribution in [2.45, 2.75) is 32.4 Å². The first-order valence-corrected chi connectivity index (χ1v) is 7.35. The number of nitrogens with one attached hydrogen (secondary N) is 1. The first-order chi connectivity index (χ1) is 10.1. The van der Waals surface area contributed by atoms with Crippen LogP contribution >= 0.6 is 0 Å². The lowest BCUT2D eigenvalue weighted by Crippen LogP contribution is -2.13. The number of ether oxygens (including phenoxy) is 1. The molecular weight excluding hydrogens is 265 g/mol. The van der Waals surface area contributed by atoms with Crippen molar-refractivity contribution >= 4 is 0 Å². The van der Waals surface area contributed by atoms with Gasteiger partial charge < -0.3 is 10.1 Å². The fraction of sp³-hybridized carbons (Fsp3) is 0.333. The van der Waals surface area contributed by atoms with Crippen LogP contribution < -0.4 is 10.1 Å². The van der Waals surface area contributed by atoms with Crippen molar-refractivity contribution in [1.29, 1.82) is 0 Å². The quantitative estimate of drug-likeness (QED) is 0.917. The van der Waals surface area contributed by atoms with Crippen LogP contribution in [0.25, 0.3) is 11.1 Å². The van der Waals surface area contributed by atoms with E-state index >= 15 is 0 Å². The molecule has 0 radical (unpaired) electrons. The van der Waals surface area contributed by atoms with Gasteiger partial charge in [0.1, 0.15) is 17.7 Å². The van der Waals surface area contributed by atoms with E-state index in [1.165, 1.54) is 11.6 Å². The van der Waals surface area contributed by atoms with Gasteiger partial charge in [0.05, 0.1) is 0 Å². The van der Waals surface area contributed by atoms with Crippen molar-refractivity contribution in [3.8, 4) is 16.9 Å². The van der Waals surface area contributed by atoms with Crippen LogP contribution in [0.15, 0.2) is 36.4 Å². The van der Waals surface area contributed by atoms with E-state index in [0.717, 1.165) is 28.9 Å². The van der Waals surface area contributed by atoms with E-state index in [0.29, 0.717) is 0 Å². The molecule has 21 heavy (non-hydrogen) atoms. The molecule has 1 N–H and O–H groups in total. The minimum atomic E-state index is -0.206. The molecule has 1 aliphatic rings. The molecule has 0 saturated carbocycles. The van der Waals surface area contributed by atoms with Crippen LogP contribution in [-0.2, 0) is 6.42 Å². The molecule has 0 fully saturated rings. The van der Waals surface area contributed by atoms with E-state index in [1.54, 1.807) is 6.07 Å². The average Bonchev–Trinajstić information content (AvgIpc) is 2.85. The van der Waals surface area contributed by atoms with Gasteiger partial charge in [0.15, 0.2) is 0 Å². The SMILES string of the molecule is CNC(C)c1ccc(F)cc1-c1ccc2c(c1)CC(C)O2. The second-order valence-electron chi connectivity index (χ2n) is 5.70. The number of hydrogen-bond acceptors (Lipinski definition) is 2. The zero-order valence-corrected chi connectivity index (χ0v) is 12.6. The molecule has 0 aliphatic carbocycles. The van der Waals surface area contributed by atoms with E-state index in [4.69, 9.17) is 4.74 Å². The highest BCUT2D eigenvalue weighted by Crippen LogP contribution is 2.35. The second kappa shape index (κ2) is 5.49. The molecule has 2 unspecified atom stereocenters. The van der Waals surface area contributed by atoms with Crippen LogP contribution in [0.4, 0.5) is 4.39 Å². The van der Waals surface area contributed by atoms with Crippen molar-refractivity contribution in [2.24, 2.45) is 0 Å². The number of halogens is 1. The maximum atomic E-state index is 13.7. The summed E-state index contributed by atoms with van der Waals surface area (Å²) in [5.74, 6) is 0.744. The minimum Gasteiger partial charge on any atom is -0.490 e. The molecule has 1 aliphatic heterocycles. The van der Waals surface area contributed by atoms with Crippen molar-refractivity contribution in [2.75, 3.05) is 7.05 Å². The van der Waals surface area contributed by atoms with E-state index in [1.807, 2.05) is 25.2 Å². The normalized spacial score (nSPS) is 18.2. The summed E-state index contributed by atoms with van der Waals surface area (Å²) in [4.78, 5) is 0. The summed E-state index contributed by atoms with van der Waals surface area (Å²) < 4.78 is 19.4. The molecule has 0 amide bonds. The number of fused-ring (bicyclic) bond motifs is 1. The highest BCUT2D eigenvalue weighted by atomic mass is 19.1. The van der Waals surface area contributed by atoms with Gasteiger partial charge in [0, 0.05) is 12.5 Å². The topological polar surface area (TPSA) is 21.3 Å². The zero-order valence-electron chi connectivity index (χ0n) is 12.6. The predicted molar refractivity (Wildman–Crippen MR) is 83.1 cm³/mol. The first-order valence-electron chi connectivity index (χ1n) is 7.35.